The largest absolute Gasteiger partial charge is 0.338 e. The zero-order valence-electron chi connectivity index (χ0n) is 13.5. The zero-order chi connectivity index (χ0) is 16.2. The predicted molar refractivity (Wildman–Crippen MR) is 88.9 cm³/mol. The van der Waals surface area contributed by atoms with Crippen LogP contribution in [0.25, 0.3) is 11.1 Å². The van der Waals surface area contributed by atoms with Crippen molar-refractivity contribution in [1.82, 2.24) is 15.3 Å². The molecule has 2 rings (SSSR count). The van der Waals surface area contributed by atoms with Gasteiger partial charge < -0.3 is 5.32 Å². The van der Waals surface area contributed by atoms with Gasteiger partial charge in [0.05, 0.1) is 5.69 Å². The Hall–Kier alpha value is -2.43. The standard InChI is InChI=1S/C17H22N4O/c1-5-19-16(22)21-14-7-6-13(12-8-10-18-11-9-12)15(20-14)17(2,3)4/h6-11H,5H2,1-4H3,(H2,19,20,21,22). The molecule has 0 bridgehead atoms. The number of urea groups is 1. The van der Waals surface area contributed by atoms with Crippen LogP contribution in [-0.2, 0) is 5.41 Å². The fraction of sp³-hybridized carbons (Fsp3) is 0.353. The quantitative estimate of drug-likeness (QED) is 0.910. The first-order valence-corrected chi connectivity index (χ1v) is 7.38. The molecule has 2 heterocycles. The zero-order valence-corrected chi connectivity index (χ0v) is 13.5. The molecule has 22 heavy (non-hydrogen) atoms. The van der Waals surface area contributed by atoms with Crippen molar-refractivity contribution in [2.45, 2.75) is 33.1 Å². The first kappa shape index (κ1) is 15.9. The second-order valence-electron chi connectivity index (χ2n) is 6.06. The van der Waals surface area contributed by atoms with Gasteiger partial charge in [0.25, 0.3) is 0 Å². The van der Waals surface area contributed by atoms with Crippen LogP contribution in [0, 0.1) is 0 Å². The lowest BCUT2D eigenvalue weighted by molar-refractivity contribution is 0.252. The molecule has 2 N–H and O–H groups in total. The number of amides is 2. The summed E-state index contributed by atoms with van der Waals surface area (Å²) in [5, 5.41) is 5.46. The Morgan fingerprint density at radius 3 is 2.41 bits per heavy atom. The normalized spacial score (nSPS) is 11.1. The van der Waals surface area contributed by atoms with E-state index in [9.17, 15) is 4.79 Å². The van der Waals surface area contributed by atoms with Crippen LogP contribution in [-0.4, -0.2) is 22.5 Å². The number of nitrogens with zero attached hydrogens (tertiary/aromatic N) is 2. The van der Waals surface area contributed by atoms with Crippen LogP contribution in [0.3, 0.4) is 0 Å². The van der Waals surface area contributed by atoms with Gasteiger partial charge in [0, 0.05) is 29.9 Å². The maximum atomic E-state index is 11.7. The van der Waals surface area contributed by atoms with Crippen LogP contribution in [0.4, 0.5) is 10.6 Å². The van der Waals surface area contributed by atoms with Gasteiger partial charge in [-0.15, -0.1) is 0 Å². The fourth-order valence-electron chi connectivity index (χ4n) is 2.19. The summed E-state index contributed by atoms with van der Waals surface area (Å²) in [7, 11) is 0. The van der Waals surface area contributed by atoms with E-state index in [1.807, 2.05) is 31.2 Å². The first-order valence-electron chi connectivity index (χ1n) is 7.38. The summed E-state index contributed by atoms with van der Waals surface area (Å²) in [6, 6.07) is 7.49. The number of rotatable bonds is 3. The molecule has 0 aliphatic rings. The Morgan fingerprint density at radius 1 is 1.14 bits per heavy atom. The summed E-state index contributed by atoms with van der Waals surface area (Å²) in [6.45, 7) is 8.77. The van der Waals surface area contributed by atoms with E-state index >= 15 is 0 Å². The molecule has 116 valence electrons. The summed E-state index contributed by atoms with van der Waals surface area (Å²) in [6.07, 6.45) is 3.53. The second-order valence-corrected chi connectivity index (χ2v) is 6.06. The minimum Gasteiger partial charge on any atom is -0.338 e. The van der Waals surface area contributed by atoms with Gasteiger partial charge in [-0.05, 0) is 36.8 Å². The van der Waals surface area contributed by atoms with Crippen LogP contribution in [0.1, 0.15) is 33.4 Å². The summed E-state index contributed by atoms with van der Waals surface area (Å²) in [5.74, 6) is 0.550. The first-order chi connectivity index (χ1) is 10.4. The van der Waals surface area contributed by atoms with E-state index in [4.69, 9.17) is 0 Å². The van der Waals surface area contributed by atoms with Gasteiger partial charge >= 0.3 is 6.03 Å². The van der Waals surface area contributed by atoms with E-state index in [0.29, 0.717) is 12.4 Å². The van der Waals surface area contributed by atoms with E-state index in [0.717, 1.165) is 16.8 Å². The lowest BCUT2D eigenvalue weighted by Crippen LogP contribution is -2.29. The highest BCUT2D eigenvalue weighted by molar-refractivity contribution is 5.88. The van der Waals surface area contributed by atoms with Crippen molar-refractivity contribution in [2.24, 2.45) is 0 Å². The molecule has 2 aromatic rings. The molecule has 5 nitrogen and oxygen atoms in total. The van der Waals surface area contributed by atoms with E-state index < -0.39 is 0 Å². The van der Waals surface area contributed by atoms with Crippen LogP contribution in [0.5, 0.6) is 0 Å². The van der Waals surface area contributed by atoms with Gasteiger partial charge in [0.15, 0.2) is 0 Å². The number of aromatic nitrogens is 2. The van der Waals surface area contributed by atoms with E-state index in [1.54, 1.807) is 12.4 Å². The minimum absolute atomic E-state index is 0.141. The Kier molecular flexibility index (Phi) is 4.75. The monoisotopic (exact) mass is 298 g/mol. The van der Waals surface area contributed by atoms with Gasteiger partial charge in [0.1, 0.15) is 5.82 Å². The summed E-state index contributed by atoms with van der Waals surface area (Å²) in [4.78, 5) is 20.4. The van der Waals surface area contributed by atoms with Crippen LogP contribution < -0.4 is 10.6 Å². The maximum Gasteiger partial charge on any atom is 0.320 e. The van der Waals surface area contributed by atoms with Crippen molar-refractivity contribution in [3.8, 4) is 11.1 Å². The molecule has 0 unspecified atom stereocenters. The molecule has 0 spiro atoms. The van der Waals surface area contributed by atoms with Crippen molar-refractivity contribution in [3.05, 3.63) is 42.4 Å². The number of pyridine rings is 2. The molecular formula is C17H22N4O. The van der Waals surface area contributed by atoms with Gasteiger partial charge in [-0.2, -0.15) is 0 Å². The molecule has 0 aliphatic heterocycles. The molecular weight excluding hydrogens is 276 g/mol. The van der Waals surface area contributed by atoms with Gasteiger partial charge in [-0.1, -0.05) is 20.8 Å². The fourth-order valence-corrected chi connectivity index (χ4v) is 2.19. The average Bonchev–Trinajstić information content (AvgIpc) is 2.47. The summed E-state index contributed by atoms with van der Waals surface area (Å²) < 4.78 is 0. The number of hydrogen-bond acceptors (Lipinski definition) is 3. The smallest absolute Gasteiger partial charge is 0.320 e. The minimum atomic E-state index is -0.244. The van der Waals surface area contributed by atoms with Crippen LogP contribution in [0.2, 0.25) is 0 Å². The number of anilines is 1. The Labute approximate surface area is 131 Å². The highest BCUT2D eigenvalue weighted by Gasteiger charge is 2.21. The van der Waals surface area contributed by atoms with Crippen molar-refractivity contribution < 1.29 is 4.79 Å². The van der Waals surface area contributed by atoms with Crippen LogP contribution >= 0.6 is 0 Å². The molecule has 0 aromatic carbocycles. The van der Waals surface area contributed by atoms with Crippen LogP contribution in [0.15, 0.2) is 36.7 Å². The topological polar surface area (TPSA) is 66.9 Å². The molecule has 2 amide bonds. The van der Waals surface area contributed by atoms with Gasteiger partial charge in [-0.3, -0.25) is 10.3 Å². The highest BCUT2D eigenvalue weighted by Crippen LogP contribution is 2.32. The Morgan fingerprint density at radius 2 is 1.82 bits per heavy atom. The second kappa shape index (κ2) is 6.56. The molecule has 0 saturated heterocycles. The molecule has 0 aliphatic carbocycles. The summed E-state index contributed by atoms with van der Waals surface area (Å²) >= 11 is 0. The number of carbonyl (C=O) groups is 1. The average molecular weight is 298 g/mol. The van der Waals surface area contributed by atoms with Gasteiger partial charge in [0.2, 0.25) is 0 Å². The number of carbonyl (C=O) groups excluding carboxylic acids is 1. The van der Waals surface area contributed by atoms with Gasteiger partial charge in [-0.25, -0.2) is 9.78 Å². The third kappa shape index (κ3) is 3.81. The third-order valence-electron chi connectivity index (χ3n) is 3.18. The Bertz CT molecular complexity index is 647. The predicted octanol–water partition coefficient (Wildman–Crippen LogP) is 3.58. The van der Waals surface area contributed by atoms with Crippen molar-refractivity contribution >= 4 is 11.8 Å². The third-order valence-corrected chi connectivity index (χ3v) is 3.18. The maximum absolute atomic E-state index is 11.7. The Balaban J connectivity index is 2.42. The molecule has 0 radical (unpaired) electrons. The van der Waals surface area contributed by atoms with E-state index in [1.165, 1.54) is 0 Å². The lowest BCUT2D eigenvalue weighted by atomic mass is 9.86. The molecule has 5 heteroatoms. The molecule has 2 aromatic heterocycles. The molecule has 0 atom stereocenters. The molecule has 0 saturated carbocycles. The van der Waals surface area contributed by atoms with E-state index in [2.05, 4.69) is 41.4 Å². The van der Waals surface area contributed by atoms with Crippen molar-refractivity contribution in [3.63, 3.8) is 0 Å². The number of hydrogen-bond donors (Lipinski definition) is 2. The SMILES string of the molecule is CCNC(=O)Nc1ccc(-c2ccncc2)c(C(C)(C)C)n1. The lowest BCUT2D eigenvalue weighted by Gasteiger charge is -2.22. The van der Waals surface area contributed by atoms with Crippen molar-refractivity contribution in [2.75, 3.05) is 11.9 Å². The summed E-state index contributed by atoms with van der Waals surface area (Å²) in [5.41, 5.74) is 2.92. The number of nitrogens with one attached hydrogen (secondary N) is 2. The molecule has 0 fully saturated rings. The van der Waals surface area contributed by atoms with Crippen molar-refractivity contribution in [1.29, 1.82) is 0 Å². The highest BCUT2D eigenvalue weighted by atomic mass is 16.2. The van der Waals surface area contributed by atoms with E-state index in [-0.39, 0.29) is 11.4 Å².